The summed E-state index contributed by atoms with van der Waals surface area (Å²) in [6.07, 6.45) is 94.3. The number of hydrogen-bond acceptors (Lipinski definition) is 6. The quantitative estimate of drug-likeness (QED) is 0.0261. The SMILES string of the molecule is CC/C=C\C/C=C\C/C=C\C/C=C\C/C=C\C/C=C\C/C=C\C/C=C\CCCCCCCCCCC(=O)OCC(COC(=O)CCCCC/C=C\C/C=C\C/C=C\CC)OC(=O)CCCCCCC/C=C\CCCCCCCC. The molecule has 1 unspecified atom stereocenters. The maximum Gasteiger partial charge on any atom is 0.306 e. The third-order valence-electron chi connectivity index (χ3n) is 13.3. The number of esters is 3. The molecule has 0 saturated carbocycles. The van der Waals surface area contributed by atoms with E-state index in [4.69, 9.17) is 14.2 Å². The van der Waals surface area contributed by atoms with Gasteiger partial charge in [-0.25, -0.2) is 0 Å². The maximum absolute atomic E-state index is 12.9. The molecule has 0 N–H and O–H groups in total. The lowest BCUT2D eigenvalue weighted by atomic mass is 10.1. The van der Waals surface area contributed by atoms with Gasteiger partial charge in [0.2, 0.25) is 0 Å². The molecule has 1 atom stereocenters. The predicted octanol–water partition coefficient (Wildman–Crippen LogP) is 22.3. The second-order valence-corrected chi connectivity index (χ2v) is 20.9. The second kappa shape index (κ2) is 65.8. The summed E-state index contributed by atoms with van der Waals surface area (Å²) in [4.78, 5) is 38.2. The van der Waals surface area contributed by atoms with E-state index in [-0.39, 0.29) is 31.1 Å². The first kappa shape index (κ1) is 74.3. The average molecular weight is 1090 g/mol. The summed E-state index contributed by atoms with van der Waals surface area (Å²) in [5.74, 6) is -0.946. The van der Waals surface area contributed by atoms with Crippen LogP contribution in [0.5, 0.6) is 0 Å². The molecule has 6 nitrogen and oxygen atoms in total. The number of carbonyl (C=O) groups is 3. The topological polar surface area (TPSA) is 78.9 Å². The highest BCUT2D eigenvalue weighted by molar-refractivity contribution is 5.71. The van der Waals surface area contributed by atoms with Crippen molar-refractivity contribution in [3.8, 4) is 0 Å². The van der Waals surface area contributed by atoms with Crippen LogP contribution in [0.25, 0.3) is 0 Å². The Morgan fingerprint density at radius 2 is 0.494 bits per heavy atom. The lowest BCUT2D eigenvalue weighted by Gasteiger charge is -2.18. The van der Waals surface area contributed by atoms with Crippen molar-refractivity contribution in [2.45, 2.75) is 284 Å². The molecule has 0 aliphatic heterocycles. The molecule has 446 valence electrons. The van der Waals surface area contributed by atoms with Gasteiger partial charge in [0.15, 0.2) is 6.10 Å². The zero-order chi connectivity index (χ0) is 57.1. The summed E-state index contributed by atoms with van der Waals surface area (Å²) >= 11 is 0. The number of carbonyl (C=O) groups excluding carboxylic acids is 3. The molecule has 0 fully saturated rings. The molecule has 0 aromatic carbocycles. The van der Waals surface area contributed by atoms with Crippen molar-refractivity contribution in [3.63, 3.8) is 0 Å². The third kappa shape index (κ3) is 64.0. The molecule has 0 rings (SSSR count). The molecular formula is C73H118O6. The molecule has 0 bridgehead atoms. The van der Waals surface area contributed by atoms with Gasteiger partial charge in [-0.2, -0.15) is 0 Å². The molecule has 0 amide bonds. The molecular weight excluding hydrogens is 973 g/mol. The zero-order valence-electron chi connectivity index (χ0n) is 51.1. The van der Waals surface area contributed by atoms with E-state index >= 15 is 0 Å². The van der Waals surface area contributed by atoms with Crippen LogP contribution in [-0.4, -0.2) is 37.2 Å². The van der Waals surface area contributed by atoms with Gasteiger partial charge >= 0.3 is 17.9 Å². The third-order valence-corrected chi connectivity index (χ3v) is 13.3. The normalized spacial score (nSPS) is 13.1. The van der Waals surface area contributed by atoms with Crippen LogP contribution in [0.4, 0.5) is 0 Å². The van der Waals surface area contributed by atoms with Crippen molar-refractivity contribution in [2.24, 2.45) is 0 Å². The van der Waals surface area contributed by atoms with Crippen LogP contribution in [0.2, 0.25) is 0 Å². The molecule has 0 aromatic rings. The van der Waals surface area contributed by atoms with Gasteiger partial charge in [-0.15, -0.1) is 0 Å². The molecule has 0 aliphatic carbocycles. The van der Waals surface area contributed by atoms with Gasteiger partial charge < -0.3 is 14.2 Å². The minimum Gasteiger partial charge on any atom is -0.462 e. The van der Waals surface area contributed by atoms with E-state index in [2.05, 4.69) is 167 Å². The molecule has 79 heavy (non-hydrogen) atoms. The zero-order valence-corrected chi connectivity index (χ0v) is 51.1. The smallest absolute Gasteiger partial charge is 0.306 e. The summed E-state index contributed by atoms with van der Waals surface area (Å²) < 4.78 is 16.9. The van der Waals surface area contributed by atoms with Gasteiger partial charge in [-0.1, -0.05) is 263 Å². The fourth-order valence-electron chi connectivity index (χ4n) is 8.53. The maximum atomic E-state index is 12.9. The van der Waals surface area contributed by atoms with Gasteiger partial charge in [0.1, 0.15) is 13.2 Å². The molecule has 0 heterocycles. The largest absolute Gasteiger partial charge is 0.462 e. The highest BCUT2D eigenvalue weighted by Gasteiger charge is 2.19. The van der Waals surface area contributed by atoms with Crippen molar-refractivity contribution in [3.05, 3.63) is 146 Å². The lowest BCUT2D eigenvalue weighted by molar-refractivity contribution is -0.167. The number of hydrogen-bond donors (Lipinski definition) is 0. The van der Waals surface area contributed by atoms with E-state index < -0.39 is 6.10 Å². The van der Waals surface area contributed by atoms with Gasteiger partial charge in [0.05, 0.1) is 0 Å². The predicted molar refractivity (Wildman–Crippen MR) is 343 cm³/mol. The molecule has 0 aliphatic rings. The van der Waals surface area contributed by atoms with Crippen molar-refractivity contribution in [1.82, 2.24) is 0 Å². The standard InChI is InChI=1S/C73H118O6/c1-4-7-10-13-16-19-22-25-27-28-29-30-31-32-33-34-35-36-37-38-39-40-41-42-43-44-46-48-51-54-57-60-63-66-72(75)78-69-70(68-77-71(74)65-62-59-56-53-50-47-24-21-18-15-12-9-6-3)79-73(76)67-64-61-58-55-52-49-45-26-23-20-17-14-11-8-5-2/h7,9-10,12,16,18-19,21,25-27,29-30,32-33,35-36,38-39,41-42,45,47,50,70H,4-6,8,11,13-15,17,20,22-24,28,31,34,37,40,43-44,46,48-49,51-69H2,1-3H3/b10-7-,12-9-,19-16-,21-18-,27-25-,30-29-,33-32-,36-35-,39-38-,42-41-,45-26-,50-47-. The molecule has 0 radical (unpaired) electrons. The van der Waals surface area contributed by atoms with Gasteiger partial charge in [-0.05, 0) is 141 Å². The van der Waals surface area contributed by atoms with E-state index in [1.807, 2.05) is 0 Å². The number of ether oxygens (including phenoxy) is 3. The Balaban J connectivity index is 4.30. The minimum atomic E-state index is -0.803. The van der Waals surface area contributed by atoms with Crippen LogP contribution < -0.4 is 0 Å². The fraction of sp³-hybridized carbons (Fsp3) is 0.630. The number of rotatable bonds is 57. The van der Waals surface area contributed by atoms with E-state index in [9.17, 15) is 14.4 Å². The van der Waals surface area contributed by atoms with Crippen molar-refractivity contribution >= 4 is 17.9 Å². The summed E-state index contributed by atoms with van der Waals surface area (Å²) in [5, 5.41) is 0. The number of allylic oxidation sites excluding steroid dienone is 24. The van der Waals surface area contributed by atoms with Crippen molar-refractivity contribution in [2.75, 3.05) is 13.2 Å². The highest BCUT2D eigenvalue weighted by Crippen LogP contribution is 2.14. The summed E-state index contributed by atoms with van der Waals surface area (Å²) in [6, 6.07) is 0. The Hall–Kier alpha value is -4.71. The van der Waals surface area contributed by atoms with Crippen molar-refractivity contribution < 1.29 is 28.6 Å². The Morgan fingerprint density at radius 1 is 0.266 bits per heavy atom. The van der Waals surface area contributed by atoms with Crippen LogP contribution in [0, 0.1) is 0 Å². The molecule has 0 saturated heterocycles. The average Bonchev–Trinajstić information content (AvgIpc) is 3.45. The van der Waals surface area contributed by atoms with Gasteiger partial charge in [-0.3, -0.25) is 14.4 Å². The highest BCUT2D eigenvalue weighted by atomic mass is 16.6. The van der Waals surface area contributed by atoms with Gasteiger partial charge in [0.25, 0.3) is 0 Å². The van der Waals surface area contributed by atoms with E-state index in [0.717, 1.165) is 154 Å². The van der Waals surface area contributed by atoms with Crippen LogP contribution in [0.15, 0.2) is 146 Å². The monoisotopic (exact) mass is 1090 g/mol. The van der Waals surface area contributed by atoms with Crippen LogP contribution >= 0.6 is 0 Å². The summed E-state index contributed by atoms with van der Waals surface area (Å²) in [5.41, 5.74) is 0. The fourth-order valence-corrected chi connectivity index (χ4v) is 8.53. The van der Waals surface area contributed by atoms with E-state index in [1.54, 1.807) is 0 Å². The first-order valence-electron chi connectivity index (χ1n) is 32.3. The Labute approximate surface area is 487 Å². The second-order valence-electron chi connectivity index (χ2n) is 20.9. The molecule has 6 heteroatoms. The Bertz CT molecular complexity index is 1730. The lowest BCUT2D eigenvalue weighted by Crippen LogP contribution is -2.30. The first-order valence-corrected chi connectivity index (χ1v) is 32.3. The Morgan fingerprint density at radius 3 is 0.797 bits per heavy atom. The van der Waals surface area contributed by atoms with Crippen molar-refractivity contribution in [1.29, 1.82) is 0 Å². The van der Waals surface area contributed by atoms with Gasteiger partial charge in [0, 0.05) is 19.3 Å². The minimum absolute atomic E-state index is 0.0991. The van der Waals surface area contributed by atoms with Crippen LogP contribution in [0.3, 0.4) is 0 Å². The summed E-state index contributed by atoms with van der Waals surface area (Å²) in [7, 11) is 0. The molecule has 0 spiro atoms. The van der Waals surface area contributed by atoms with E-state index in [0.29, 0.717) is 19.3 Å². The first-order chi connectivity index (χ1) is 39.0. The van der Waals surface area contributed by atoms with Crippen LogP contribution in [0.1, 0.15) is 278 Å². The van der Waals surface area contributed by atoms with Crippen LogP contribution in [-0.2, 0) is 28.6 Å². The number of unbranched alkanes of at least 4 members (excludes halogenated alkanes) is 22. The van der Waals surface area contributed by atoms with E-state index in [1.165, 1.54) is 83.5 Å². The summed E-state index contributed by atoms with van der Waals surface area (Å²) in [6.45, 7) is 6.37. The Kier molecular flexibility index (Phi) is 61.9. The molecule has 0 aromatic heterocycles.